The zero-order valence-corrected chi connectivity index (χ0v) is 16.8. The number of ether oxygens (including phenoxy) is 1. The van der Waals surface area contributed by atoms with E-state index < -0.39 is 0 Å². The Morgan fingerprint density at radius 3 is 2.60 bits per heavy atom. The van der Waals surface area contributed by atoms with E-state index in [9.17, 15) is 0 Å². The van der Waals surface area contributed by atoms with Gasteiger partial charge in [0.25, 0.3) is 0 Å². The molecule has 5 rings (SSSR count). The number of hydrogen-bond acceptors (Lipinski definition) is 5. The third-order valence-electron chi connectivity index (χ3n) is 5.74. The molecule has 2 atom stereocenters. The van der Waals surface area contributed by atoms with Crippen LogP contribution >= 0.6 is 0 Å². The SMILES string of the molecule is NC(Cc1ccccc1)c1ccc(-c2ncnc3c2ncn3C2CCCCO2)cc1. The highest BCUT2D eigenvalue weighted by atomic mass is 16.5. The van der Waals surface area contributed by atoms with Gasteiger partial charge in [0.2, 0.25) is 0 Å². The first-order chi connectivity index (χ1) is 14.8. The fourth-order valence-corrected chi connectivity index (χ4v) is 4.09. The fourth-order valence-electron chi connectivity index (χ4n) is 4.09. The third-order valence-corrected chi connectivity index (χ3v) is 5.74. The summed E-state index contributed by atoms with van der Waals surface area (Å²) >= 11 is 0. The highest BCUT2D eigenvalue weighted by Gasteiger charge is 2.20. The summed E-state index contributed by atoms with van der Waals surface area (Å²) in [6.45, 7) is 0.785. The van der Waals surface area contributed by atoms with E-state index in [0.717, 1.165) is 60.3 Å². The maximum Gasteiger partial charge on any atom is 0.165 e. The lowest BCUT2D eigenvalue weighted by molar-refractivity contribution is -0.0298. The van der Waals surface area contributed by atoms with Crippen LogP contribution in [0.4, 0.5) is 0 Å². The van der Waals surface area contributed by atoms with Crippen LogP contribution in [0.2, 0.25) is 0 Å². The summed E-state index contributed by atoms with van der Waals surface area (Å²) in [7, 11) is 0. The Bertz CT molecular complexity index is 1120. The molecule has 30 heavy (non-hydrogen) atoms. The predicted molar refractivity (Wildman–Crippen MR) is 117 cm³/mol. The van der Waals surface area contributed by atoms with Crippen molar-refractivity contribution in [2.24, 2.45) is 5.73 Å². The van der Waals surface area contributed by atoms with Crippen molar-refractivity contribution in [3.05, 3.63) is 78.4 Å². The molecular weight excluding hydrogens is 374 g/mol. The standard InChI is InChI=1S/C24H25N5O/c25-20(14-17-6-2-1-3-7-17)18-9-11-19(12-10-18)22-23-24(27-15-26-22)29(16-28-23)21-8-4-5-13-30-21/h1-3,6-7,9-12,15-16,20-21H,4-5,8,13-14,25H2. The number of nitrogens with two attached hydrogens (primary N) is 1. The molecule has 0 saturated carbocycles. The Kier molecular flexibility index (Phi) is 5.26. The van der Waals surface area contributed by atoms with Crippen molar-refractivity contribution >= 4 is 11.2 Å². The monoisotopic (exact) mass is 399 g/mol. The van der Waals surface area contributed by atoms with Gasteiger partial charge in [-0.25, -0.2) is 15.0 Å². The van der Waals surface area contributed by atoms with Crippen LogP contribution in [0.3, 0.4) is 0 Å². The Morgan fingerprint density at radius 2 is 1.83 bits per heavy atom. The number of rotatable bonds is 5. The molecule has 152 valence electrons. The van der Waals surface area contributed by atoms with E-state index in [0.29, 0.717) is 0 Å². The molecule has 0 spiro atoms. The molecule has 1 aliphatic heterocycles. The van der Waals surface area contributed by atoms with Gasteiger partial charge in [-0.15, -0.1) is 0 Å². The molecular formula is C24H25N5O. The summed E-state index contributed by atoms with van der Waals surface area (Å²) in [5.41, 5.74) is 12.2. The van der Waals surface area contributed by atoms with Crippen LogP contribution in [0.5, 0.6) is 0 Å². The first kappa shape index (κ1) is 18.9. The molecule has 2 unspecified atom stereocenters. The van der Waals surface area contributed by atoms with Crippen molar-refractivity contribution in [3.63, 3.8) is 0 Å². The van der Waals surface area contributed by atoms with Crippen molar-refractivity contribution in [3.8, 4) is 11.3 Å². The fraction of sp³-hybridized carbons (Fsp3) is 0.292. The summed E-state index contributed by atoms with van der Waals surface area (Å²) in [6, 6.07) is 18.6. The first-order valence-corrected chi connectivity index (χ1v) is 10.5. The predicted octanol–water partition coefficient (Wildman–Crippen LogP) is 4.43. The molecule has 1 saturated heterocycles. The van der Waals surface area contributed by atoms with E-state index in [2.05, 4.69) is 51.4 Å². The lowest BCUT2D eigenvalue weighted by Crippen LogP contribution is -2.17. The van der Waals surface area contributed by atoms with E-state index in [-0.39, 0.29) is 12.3 Å². The van der Waals surface area contributed by atoms with E-state index in [4.69, 9.17) is 10.5 Å². The average molecular weight is 399 g/mol. The Balaban J connectivity index is 1.41. The Morgan fingerprint density at radius 1 is 1.00 bits per heavy atom. The van der Waals surface area contributed by atoms with Crippen LogP contribution < -0.4 is 5.73 Å². The summed E-state index contributed by atoms with van der Waals surface area (Å²) in [6.07, 6.45) is 7.50. The number of hydrogen-bond donors (Lipinski definition) is 1. The molecule has 6 nitrogen and oxygen atoms in total. The van der Waals surface area contributed by atoms with Crippen molar-refractivity contribution < 1.29 is 4.74 Å². The van der Waals surface area contributed by atoms with Gasteiger partial charge < -0.3 is 10.5 Å². The van der Waals surface area contributed by atoms with E-state index in [1.54, 1.807) is 6.33 Å². The summed E-state index contributed by atoms with van der Waals surface area (Å²) in [4.78, 5) is 13.6. The molecule has 6 heteroatoms. The Labute approximate surface area is 175 Å². The summed E-state index contributed by atoms with van der Waals surface area (Å²) < 4.78 is 7.95. The molecule has 0 radical (unpaired) electrons. The zero-order valence-electron chi connectivity index (χ0n) is 16.8. The minimum Gasteiger partial charge on any atom is -0.358 e. The lowest BCUT2D eigenvalue weighted by Gasteiger charge is -2.23. The van der Waals surface area contributed by atoms with Gasteiger partial charge in [0.1, 0.15) is 23.8 Å². The van der Waals surface area contributed by atoms with Crippen LogP contribution in [0, 0.1) is 0 Å². The minimum atomic E-state index is -0.0467. The van der Waals surface area contributed by atoms with Gasteiger partial charge in [-0.1, -0.05) is 54.6 Å². The van der Waals surface area contributed by atoms with Crippen LogP contribution in [-0.2, 0) is 11.2 Å². The second-order valence-electron chi connectivity index (χ2n) is 7.79. The van der Waals surface area contributed by atoms with Crippen LogP contribution in [0.1, 0.15) is 42.7 Å². The number of fused-ring (bicyclic) bond motifs is 1. The highest BCUT2D eigenvalue weighted by Crippen LogP contribution is 2.30. The zero-order chi connectivity index (χ0) is 20.3. The van der Waals surface area contributed by atoms with Gasteiger partial charge in [-0.3, -0.25) is 4.57 Å². The molecule has 1 aliphatic rings. The average Bonchev–Trinajstić information content (AvgIpc) is 3.25. The van der Waals surface area contributed by atoms with Crippen LogP contribution in [0.15, 0.2) is 67.3 Å². The Hall–Kier alpha value is -3.09. The molecule has 3 heterocycles. The second kappa shape index (κ2) is 8.34. The molecule has 0 aliphatic carbocycles. The number of benzene rings is 2. The van der Waals surface area contributed by atoms with E-state index >= 15 is 0 Å². The molecule has 0 amide bonds. The molecule has 2 aromatic heterocycles. The van der Waals surface area contributed by atoms with Gasteiger partial charge in [-0.2, -0.15) is 0 Å². The molecule has 2 aromatic carbocycles. The smallest absolute Gasteiger partial charge is 0.165 e. The topological polar surface area (TPSA) is 78.9 Å². The number of imidazole rings is 1. The highest BCUT2D eigenvalue weighted by molar-refractivity contribution is 5.87. The molecule has 4 aromatic rings. The largest absolute Gasteiger partial charge is 0.358 e. The number of nitrogens with zero attached hydrogens (tertiary/aromatic N) is 4. The number of aromatic nitrogens is 4. The van der Waals surface area contributed by atoms with Gasteiger partial charge in [0.05, 0.1) is 6.33 Å². The van der Waals surface area contributed by atoms with E-state index in [1.165, 1.54) is 5.56 Å². The minimum absolute atomic E-state index is 0.00450. The van der Waals surface area contributed by atoms with Crippen molar-refractivity contribution in [2.75, 3.05) is 6.61 Å². The van der Waals surface area contributed by atoms with Gasteiger partial charge in [-0.05, 0) is 36.8 Å². The normalized spacial score (nSPS) is 17.8. The van der Waals surface area contributed by atoms with E-state index in [1.807, 2.05) is 29.1 Å². The maximum absolute atomic E-state index is 6.44. The molecule has 0 bridgehead atoms. The van der Waals surface area contributed by atoms with Gasteiger partial charge >= 0.3 is 0 Å². The van der Waals surface area contributed by atoms with Crippen molar-refractivity contribution in [1.82, 2.24) is 19.5 Å². The van der Waals surface area contributed by atoms with Crippen molar-refractivity contribution in [1.29, 1.82) is 0 Å². The molecule has 1 fully saturated rings. The van der Waals surface area contributed by atoms with Gasteiger partial charge in [0.15, 0.2) is 5.65 Å². The first-order valence-electron chi connectivity index (χ1n) is 10.5. The van der Waals surface area contributed by atoms with Gasteiger partial charge in [0, 0.05) is 18.2 Å². The third kappa shape index (κ3) is 3.72. The van der Waals surface area contributed by atoms with Crippen LogP contribution in [-0.4, -0.2) is 26.1 Å². The van der Waals surface area contributed by atoms with Crippen LogP contribution in [0.25, 0.3) is 22.4 Å². The molecule has 2 N–H and O–H groups in total. The summed E-state index contributed by atoms with van der Waals surface area (Å²) in [5, 5.41) is 0. The summed E-state index contributed by atoms with van der Waals surface area (Å²) in [5.74, 6) is 0. The lowest BCUT2D eigenvalue weighted by atomic mass is 9.98. The van der Waals surface area contributed by atoms with Crippen molar-refractivity contribution in [2.45, 2.75) is 38.0 Å². The quantitative estimate of drug-likeness (QED) is 0.537. The second-order valence-corrected chi connectivity index (χ2v) is 7.79. The maximum atomic E-state index is 6.44.